The second-order valence-corrected chi connectivity index (χ2v) is 5.50. The van der Waals surface area contributed by atoms with Gasteiger partial charge in [-0.3, -0.25) is 4.68 Å². The molecule has 0 aliphatic rings. The van der Waals surface area contributed by atoms with Crippen LogP contribution in [-0.2, 0) is 7.05 Å². The molecule has 4 heterocycles. The van der Waals surface area contributed by atoms with Crippen LogP contribution in [-0.4, -0.2) is 24.4 Å². The van der Waals surface area contributed by atoms with Crippen molar-refractivity contribution in [2.45, 2.75) is 0 Å². The van der Waals surface area contributed by atoms with Crippen LogP contribution in [0.15, 0.2) is 43.1 Å². The third-order valence-corrected chi connectivity index (χ3v) is 3.88. The van der Waals surface area contributed by atoms with Gasteiger partial charge in [0.15, 0.2) is 5.82 Å². The van der Waals surface area contributed by atoms with Crippen LogP contribution >= 0.6 is 0 Å². The normalized spacial score (nSPS) is 11.0. The second-order valence-electron chi connectivity index (χ2n) is 5.50. The third kappa shape index (κ3) is 2.42. The highest BCUT2D eigenvalue weighted by atomic mass is 19.2. The second kappa shape index (κ2) is 5.49. The van der Waals surface area contributed by atoms with E-state index in [4.69, 9.17) is 0 Å². The highest BCUT2D eigenvalue weighted by molar-refractivity contribution is 5.87. The Bertz CT molecular complexity index is 1150. The largest absolute Gasteiger partial charge is 0.275 e. The summed E-state index contributed by atoms with van der Waals surface area (Å²) < 4.78 is 30.0. The van der Waals surface area contributed by atoms with Crippen molar-refractivity contribution in [2.24, 2.45) is 7.05 Å². The minimum atomic E-state index is -1.17. The van der Waals surface area contributed by atoms with Crippen LogP contribution in [0, 0.1) is 23.1 Å². The van der Waals surface area contributed by atoms with Gasteiger partial charge in [0, 0.05) is 47.9 Å². The van der Waals surface area contributed by atoms with Gasteiger partial charge in [0.25, 0.3) is 0 Å². The van der Waals surface area contributed by atoms with E-state index in [1.807, 2.05) is 6.20 Å². The SMILES string of the molecule is Cn1cc(-c2cc(-c3cnc(F)c(F)c3)c3c(C#N)cnn3c2)cn1. The monoisotopic (exact) mass is 336 g/mol. The smallest absolute Gasteiger partial charge is 0.248 e. The molecule has 122 valence electrons. The van der Waals surface area contributed by atoms with E-state index in [2.05, 4.69) is 21.3 Å². The molecule has 0 N–H and O–H groups in total. The molecule has 0 saturated carbocycles. The van der Waals surface area contributed by atoms with Crippen LogP contribution in [0.25, 0.3) is 27.8 Å². The molecule has 0 aliphatic heterocycles. The van der Waals surface area contributed by atoms with Crippen molar-refractivity contribution in [3.05, 3.63) is 60.4 Å². The number of halogens is 2. The first-order valence-electron chi connectivity index (χ1n) is 7.29. The van der Waals surface area contributed by atoms with E-state index in [0.29, 0.717) is 22.2 Å². The summed E-state index contributed by atoms with van der Waals surface area (Å²) in [5, 5.41) is 17.6. The average Bonchev–Trinajstić information content (AvgIpc) is 3.22. The zero-order chi connectivity index (χ0) is 17.6. The molecule has 0 aromatic carbocycles. The molecule has 0 amide bonds. The first-order valence-corrected chi connectivity index (χ1v) is 7.29. The molecule has 8 heteroatoms. The maximum atomic E-state index is 13.7. The Balaban J connectivity index is 2.04. The van der Waals surface area contributed by atoms with E-state index in [-0.39, 0.29) is 0 Å². The van der Waals surface area contributed by atoms with E-state index in [1.54, 1.807) is 30.2 Å². The molecule has 4 aromatic rings. The van der Waals surface area contributed by atoms with Gasteiger partial charge in [-0.05, 0) is 12.1 Å². The average molecular weight is 336 g/mol. The van der Waals surface area contributed by atoms with Crippen molar-refractivity contribution in [1.29, 1.82) is 5.26 Å². The molecule has 0 atom stereocenters. The number of pyridine rings is 2. The molecule has 0 saturated heterocycles. The van der Waals surface area contributed by atoms with Gasteiger partial charge in [0.05, 0.1) is 23.5 Å². The fourth-order valence-corrected chi connectivity index (χ4v) is 2.72. The molecule has 4 rings (SSSR count). The third-order valence-electron chi connectivity index (χ3n) is 3.88. The molecule has 25 heavy (non-hydrogen) atoms. The van der Waals surface area contributed by atoms with Crippen molar-refractivity contribution in [1.82, 2.24) is 24.4 Å². The number of hydrogen-bond donors (Lipinski definition) is 0. The van der Waals surface area contributed by atoms with Gasteiger partial charge in [-0.25, -0.2) is 13.9 Å². The van der Waals surface area contributed by atoms with Crippen LogP contribution in [0.5, 0.6) is 0 Å². The summed E-state index contributed by atoms with van der Waals surface area (Å²) >= 11 is 0. The number of hydrogen-bond acceptors (Lipinski definition) is 4. The summed E-state index contributed by atoms with van der Waals surface area (Å²) in [5.74, 6) is -2.22. The van der Waals surface area contributed by atoms with Crippen molar-refractivity contribution >= 4 is 5.52 Å². The molecule has 0 spiro atoms. The molecule has 6 nitrogen and oxygen atoms in total. The van der Waals surface area contributed by atoms with E-state index in [1.165, 1.54) is 16.9 Å². The Hall–Kier alpha value is -3.60. The van der Waals surface area contributed by atoms with Gasteiger partial charge >= 0.3 is 0 Å². The minimum Gasteiger partial charge on any atom is -0.275 e. The number of fused-ring (bicyclic) bond motifs is 1. The number of aromatic nitrogens is 5. The van der Waals surface area contributed by atoms with Crippen molar-refractivity contribution in [3.8, 4) is 28.3 Å². The minimum absolute atomic E-state index is 0.331. The zero-order valence-corrected chi connectivity index (χ0v) is 13.0. The summed E-state index contributed by atoms with van der Waals surface area (Å²) in [6, 6.07) is 4.90. The number of aryl methyl sites for hydroxylation is 1. The van der Waals surface area contributed by atoms with Crippen LogP contribution in [0.4, 0.5) is 8.78 Å². The molecule has 0 bridgehead atoms. The lowest BCUT2D eigenvalue weighted by atomic mass is 10.0. The highest BCUT2D eigenvalue weighted by Crippen LogP contribution is 2.32. The number of rotatable bonds is 2. The number of nitriles is 1. The molecular formula is C17H10F2N6. The quantitative estimate of drug-likeness (QED) is 0.528. The Labute approximate surface area is 140 Å². The van der Waals surface area contributed by atoms with E-state index >= 15 is 0 Å². The fraction of sp³-hybridized carbons (Fsp3) is 0.0588. The Morgan fingerprint density at radius 1 is 1.00 bits per heavy atom. The first kappa shape index (κ1) is 15.0. The molecule has 4 aromatic heterocycles. The Kier molecular flexibility index (Phi) is 3.28. The van der Waals surface area contributed by atoms with Crippen molar-refractivity contribution < 1.29 is 8.78 Å². The predicted octanol–water partition coefficient (Wildman–Crippen LogP) is 2.95. The summed E-state index contributed by atoms with van der Waals surface area (Å²) in [5.41, 5.74) is 3.32. The van der Waals surface area contributed by atoms with Crippen LogP contribution in [0.2, 0.25) is 0 Å². The van der Waals surface area contributed by atoms with Gasteiger partial charge in [-0.1, -0.05) is 0 Å². The van der Waals surface area contributed by atoms with Gasteiger partial charge in [-0.15, -0.1) is 0 Å². The van der Waals surface area contributed by atoms with Gasteiger partial charge in [-0.2, -0.15) is 19.8 Å². The zero-order valence-electron chi connectivity index (χ0n) is 13.0. The summed E-state index contributed by atoms with van der Waals surface area (Å²) in [4.78, 5) is 3.44. The topological polar surface area (TPSA) is 71.8 Å². The maximum Gasteiger partial charge on any atom is 0.248 e. The Morgan fingerprint density at radius 3 is 2.52 bits per heavy atom. The molecule has 0 aliphatic carbocycles. The fourth-order valence-electron chi connectivity index (χ4n) is 2.72. The van der Waals surface area contributed by atoms with Gasteiger partial charge in [0.2, 0.25) is 5.95 Å². The summed E-state index contributed by atoms with van der Waals surface area (Å²) in [6.45, 7) is 0. The predicted molar refractivity (Wildman–Crippen MR) is 85.3 cm³/mol. The molecule has 0 fully saturated rings. The van der Waals surface area contributed by atoms with Crippen LogP contribution in [0.1, 0.15) is 5.56 Å². The molecule has 0 radical (unpaired) electrons. The van der Waals surface area contributed by atoms with Gasteiger partial charge < -0.3 is 0 Å². The van der Waals surface area contributed by atoms with Crippen LogP contribution in [0.3, 0.4) is 0 Å². The molecular weight excluding hydrogens is 326 g/mol. The maximum absolute atomic E-state index is 13.7. The lowest BCUT2D eigenvalue weighted by Crippen LogP contribution is -1.95. The number of nitrogens with zero attached hydrogens (tertiary/aromatic N) is 6. The standard InChI is InChI=1S/C17H10F2N6/c1-24-8-13(7-22-24)11-2-14(10-3-15(18)17(19)21-5-10)16-12(4-20)6-23-25(16)9-11/h2-3,5-9H,1H3. The van der Waals surface area contributed by atoms with E-state index in [9.17, 15) is 14.0 Å². The van der Waals surface area contributed by atoms with Gasteiger partial charge in [0.1, 0.15) is 6.07 Å². The Morgan fingerprint density at radius 2 is 1.84 bits per heavy atom. The van der Waals surface area contributed by atoms with Crippen molar-refractivity contribution in [3.63, 3.8) is 0 Å². The molecule has 0 unspecified atom stereocenters. The summed E-state index contributed by atoms with van der Waals surface area (Å²) in [7, 11) is 1.80. The lowest BCUT2D eigenvalue weighted by molar-refractivity contribution is 0.480. The van der Waals surface area contributed by atoms with E-state index < -0.39 is 11.8 Å². The lowest BCUT2D eigenvalue weighted by Gasteiger charge is -2.08. The first-order chi connectivity index (χ1) is 12.1. The highest BCUT2D eigenvalue weighted by Gasteiger charge is 2.16. The van der Waals surface area contributed by atoms with Crippen molar-refractivity contribution in [2.75, 3.05) is 0 Å². The summed E-state index contributed by atoms with van der Waals surface area (Å²) in [6.07, 6.45) is 7.92. The van der Waals surface area contributed by atoms with E-state index in [0.717, 1.165) is 17.2 Å². The van der Waals surface area contributed by atoms with Crippen LogP contribution < -0.4 is 0 Å².